The fourth-order valence-corrected chi connectivity index (χ4v) is 4.44. The predicted molar refractivity (Wildman–Crippen MR) is 120 cm³/mol. The molecule has 0 radical (unpaired) electrons. The van der Waals surface area contributed by atoms with E-state index in [9.17, 15) is 9.18 Å². The minimum Gasteiger partial charge on any atom is -0.356 e. The molecule has 5 rings (SSSR count). The molecule has 6 heteroatoms. The smallest absolute Gasteiger partial charge is 0.322 e. The number of hydrogen-bond donors (Lipinski definition) is 2. The van der Waals surface area contributed by atoms with E-state index in [-0.39, 0.29) is 17.9 Å². The second-order valence-electron chi connectivity index (χ2n) is 7.40. The number of nitrogens with zero attached hydrogens (tertiary/aromatic N) is 1. The van der Waals surface area contributed by atoms with Gasteiger partial charge in [0.15, 0.2) is 0 Å². The third-order valence-electron chi connectivity index (χ3n) is 5.58. The number of carbonyl (C=O) groups is 1. The molecule has 0 unspecified atom stereocenters. The summed E-state index contributed by atoms with van der Waals surface area (Å²) in [5.74, 6) is -0.294. The fourth-order valence-electron chi connectivity index (χ4n) is 4.18. The molecule has 0 aliphatic carbocycles. The summed E-state index contributed by atoms with van der Waals surface area (Å²) in [6.07, 6.45) is 0.755. The van der Waals surface area contributed by atoms with Gasteiger partial charge in [-0.05, 0) is 60.0 Å². The number of para-hydroxylation sites is 1. The first-order valence-corrected chi connectivity index (χ1v) is 10.6. The number of anilines is 1. The number of urea groups is 1. The highest BCUT2D eigenvalue weighted by molar-refractivity contribution is 9.10. The lowest BCUT2D eigenvalue weighted by Crippen LogP contribution is -2.43. The van der Waals surface area contributed by atoms with Crippen molar-refractivity contribution in [1.29, 1.82) is 0 Å². The predicted octanol–water partition coefficient (Wildman–Crippen LogP) is 6.25. The lowest BCUT2D eigenvalue weighted by Gasteiger charge is -2.36. The van der Waals surface area contributed by atoms with Crippen molar-refractivity contribution in [1.82, 2.24) is 9.88 Å². The van der Waals surface area contributed by atoms with E-state index in [2.05, 4.69) is 32.3 Å². The zero-order valence-electron chi connectivity index (χ0n) is 16.0. The first kappa shape index (κ1) is 18.9. The molecule has 150 valence electrons. The number of rotatable bonds is 2. The van der Waals surface area contributed by atoms with Crippen LogP contribution in [0.3, 0.4) is 0 Å². The molecule has 2 N–H and O–H groups in total. The van der Waals surface area contributed by atoms with E-state index in [1.807, 2.05) is 47.4 Å². The molecule has 1 aliphatic heterocycles. The van der Waals surface area contributed by atoms with Crippen LogP contribution in [0.5, 0.6) is 0 Å². The molecule has 4 aromatic rings. The number of H-pyrrole nitrogens is 1. The number of nitrogens with one attached hydrogen (secondary N) is 2. The average Bonchev–Trinajstić information content (AvgIpc) is 3.14. The molecular formula is C24H19BrFN3O. The van der Waals surface area contributed by atoms with Crippen molar-refractivity contribution in [3.63, 3.8) is 0 Å². The Bertz CT molecular complexity index is 1220. The van der Waals surface area contributed by atoms with Gasteiger partial charge in [0.1, 0.15) is 5.82 Å². The van der Waals surface area contributed by atoms with E-state index in [0.29, 0.717) is 6.54 Å². The Morgan fingerprint density at radius 1 is 1.03 bits per heavy atom. The lowest BCUT2D eigenvalue weighted by atomic mass is 9.92. The number of amides is 2. The van der Waals surface area contributed by atoms with Crippen LogP contribution in [-0.4, -0.2) is 22.5 Å². The molecule has 0 bridgehead atoms. The Balaban J connectivity index is 1.56. The minimum absolute atomic E-state index is 0.184. The molecule has 3 aromatic carbocycles. The van der Waals surface area contributed by atoms with Gasteiger partial charge in [-0.2, -0.15) is 0 Å². The molecular weight excluding hydrogens is 445 g/mol. The van der Waals surface area contributed by atoms with Gasteiger partial charge in [0.25, 0.3) is 0 Å². The summed E-state index contributed by atoms with van der Waals surface area (Å²) in [4.78, 5) is 18.6. The first-order chi connectivity index (χ1) is 14.6. The third-order valence-corrected chi connectivity index (χ3v) is 6.11. The Morgan fingerprint density at radius 2 is 1.77 bits per heavy atom. The van der Waals surface area contributed by atoms with Crippen molar-refractivity contribution < 1.29 is 9.18 Å². The number of benzene rings is 3. The monoisotopic (exact) mass is 463 g/mol. The lowest BCUT2D eigenvalue weighted by molar-refractivity contribution is 0.193. The highest BCUT2D eigenvalue weighted by Gasteiger charge is 2.34. The normalized spacial score (nSPS) is 15.8. The van der Waals surface area contributed by atoms with Crippen LogP contribution >= 0.6 is 15.9 Å². The third kappa shape index (κ3) is 3.37. The highest BCUT2D eigenvalue weighted by Crippen LogP contribution is 2.38. The molecule has 2 amide bonds. The average molecular weight is 464 g/mol. The van der Waals surface area contributed by atoms with Gasteiger partial charge in [0.05, 0.1) is 6.04 Å². The van der Waals surface area contributed by atoms with Gasteiger partial charge in [-0.25, -0.2) is 9.18 Å². The molecule has 2 heterocycles. The summed E-state index contributed by atoms with van der Waals surface area (Å²) < 4.78 is 14.5. The standard InChI is InChI=1S/C24H19BrFN3O/c25-16-7-11-18(12-8-16)27-24(30)29-14-13-20-19-3-1-2-4-21(19)28-22(20)23(29)15-5-9-17(26)10-6-15/h1-12,23,28H,13-14H2,(H,27,30)/t23-/m0/s1. The van der Waals surface area contributed by atoms with Crippen molar-refractivity contribution in [2.24, 2.45) is 0 Å². The molecule has 30 heavy (non-hydrogen) atoms. The van der Waals surface area contributed by atoms with Gasteiger partial charge in [-0.3, -0.25) is 0 Å². The summed E-state index contributed by atoms with van der Waals surface area (Å²) in [5, 5.41) is 4.17. The summed E-state index contributed by atoms with van der Waals surface area (Å²) in [7, 11) is 0. The summed E-state index contributed by atoms with van der Waals surface area (Å²) in [6, 6.07) is 21.5. The van der Waals surface area contributed by atoms with Gasteiger partial charge < -0.3 is 15.2 Å². The van der Waals surface area contributed by atoms with E-state index in [1.165, 1.54) is 23.1 Å². The molecule has 1 atom stereocenters. The number of halogens is 2. The number of hydrogen-bond acceptors (Lipinski definition) is 1. The van der Waals surface area contributed by atoms with Crippen LogP contribution in [0.4, 0.5) is 14.9 Å². The zero-order valence-corrected chi connectivity index (χ0v) is 17.6. The van der Waals surface area contributed by atoms with E-state index < -0.39 is 0 Å². The van der Waals surface area contributed by atoms with Crippen LogP contribution in [-0.2, 0) is 6.42 Å². The van der Waals surface area contributed by atoms with Crippen LogP contribution in [0.1, 0.15) is 22.9 Å². The quantitative estimate of drug-likeness (QED) is 0.362. The molecule has 0 spiro atoms. The van der Waals surface area contributed by atoms with Crippen LogP contribution in [0.25, 0.3) is 10.9 Å². The van der Waals surface area contributed by atoms with E-state index in [1.54, 1.807) is 12.1 Å². The molecule has 0 saturated carbocycles. The summed E-state index contributed by atoms with van der Waals surface area (Å²) in [6.45, 7) is 0.569. The van der Waals surface area contributed by atoms with Gasteiger partial charge >= 0.3 is 6.03 Å². The Kier molecular flexibility index (Phi) is 4.79. The van der Waals surface area contributed by atoms with Crippen molar-refractivity contribution in [3.05, 3.63) is 99.9 Å². The number of aromatic amines is 1. The van der Waals surface area contributed by atoms with E-state index in [4.69, 9.17) is 0 Å². The molecule has 1 aromatic heterocycles. The van der Waals surface area contributed by atoms with Gasteiger partial charge in [-0.1, -0.05) is 46.3 Å². The second kappa shape index (κ2) is 7.61. The maximum absolute atomic E-state index is 13.6. The Morgan fingerprint density at radius 3 is 2.53 bits per heavy atom. The maximum atomic E-state index is 13.6. The minimum atomic E-state index is -0.322. The molecule has 0 saturated heterocycles. The largest absolute Gasteiger partial charge is 0.356 e. The number of carbonyl (C=O) groups excluding carboxylic acids is 1. The SMILES string of the molecule is O=C(Nc1ccc(Br)cc1)N1CCc2c([nH]c3ccccc23)[C@@H]1c1ccc(F)cc1. The Labute approximate surface area is 181 Å². The fraction of sp³-hybridized carbons (Fsp3) is 0.125. The van der Waals surface area contributed by atoms with E-state index >= 15 is 0 Å². The van der Waals surface area contributed by atoms with Crippen LogP contribution < -0.4 is 5.32 Å². The van der Waals surface area contributed by atoms with Crippen LogP contribution in [0, 0.1) is 5.82 Å². The van der Waals surface area contributed by atoms with Crippen molar-refractivity contribution in [3.8, 4) is 0 Å². The Hall–Kier alpha value is -3.12. The number of aromatic nitrogens is 1. The first-order valence-electron chi connectivity index (χ1n) is 9.78. The van der Waals surface area contributed by atoms with Crippen molar-refractivity contribution in [2.45, 2.75) is 12.5 Å². The topological polar surface area (TPSA) is 48.1 Å². The second-order valence-corrected chi connectivity index (χ2v) is 8.31. The molecule has 4 nitrogen and oxygen atoms in total. The van der Waals surface area contributed by atoms with E-state index in [0.717, 1.165) is 33.4 Å². The number of fused-ring (bicyclic) bond motifs is 3. The zero-order chi connectivity index (χ0) is 20.7. The molecule has 1 aliphatic rings. The summed E-state index contributed by atoms with van der Waals surface area (Å²) in [5.41, 5.74) is 4.84. The van der Waals surface area contributed by atoms with Crippen LogP contribution in [0.15, 0.2) is 77.3 Å². The highest BCUT2D eigenvalue weighted by atomic mass is 79.9. The van der Waals surface area contributed by atoms with Crippen LogP contribution in [0.2, 0.25) is 0 Å². The van der Waals surface area contributed by atoms with Crippen molar-refractivity contribution in [2.75, 3.05) is 11.9 Å². The summed E-state index contributed by atoms with van der Waals surface area (Å²) >= 11 is 3.41. The van der Waals surface area contributed by atoms with Crippen molar-refractivity contribution >= 4 is 38.6 Å². The van der Waals surface area contributed by atoms with Gasteiger partial charge in [-0.15, -0.1) is 0 Å². The van der Waals surface area contributed by atoms with Gasteiger partial charge in [0, 0.05) is 33.3 Å². The maximum Gasteiger partial charge on any atom is 0.322 e. The molecule has 0 fully saturated rings. The van der Waals surface area contributed by atoms with Gasteiger partial charge in [0.2, 0.25) is 0 Å².